The number of nitrogens with one attached hydrogen (secondary N) is 1. The van der Waals surface area contributed by atoms with Gasteiger partial charge in [0.15, 0.2) is 11.5 Å². The van der Waals surface area contributed by atoms with E-state index >= 15 is 0 Å². The second kappa shape index (κ2) is 5.41. The van der Waals surface area contributed by atoms with Crippen LogP contribution in [0.2, 0.25) is 0 Å². The molecule has 0 amide bonds. The zero-order chi connectivity index (χ0) is 13.1. The topological polar surface area (TPSA) is 76.0 Å². The molecule has 0 aromatic heterocycles. The van der Waals surface area contributed by atoms with Gasteiger partial charge in [0, 0.05) is 31.7 Å². The number of hydrogen-bond donors (Lipinski definition) is 4. The average molecular weight is 256 g/mol. The van der Waals surface area contributed by atoms with Gasteiger partial charge < -0.3 is 20.6 Å². The maximum atomic E-state index is 13.2. The molecule has 1 fully saturated rings. The Hall–Kier alpha value is -1.53. The molecule has 6 heteroatoms. The van der Waals surface area contributed by atoms with Gasteiger partial charge in [-0.05, 0) is 12.1 Å². The molecule has 1 aromatic rings. The van der Waals surface area contributed by atoms with E-state index in [9.17, 15) is 19.7 Å². The van der Waals surface area contributed by atoms with E-state index in [1.807, 2.05) is 4.90 Å². The number of rotatable bonds is 3. The van der Waals surface area contributed by atoms with Crippen LogP contribution in [0.25, 0.3) is 0 Å². The molecule has 0 spiro atoms. The molecule has 0 saturated carbocycles. The van der Waals surface area contributed by atoms with Crippen molar-refractivity contribution in [3.8, 4) is 17.2 Å². The van der Waals surface area contributed by atoms with E-state index in [0.29, 0.717) is 18.7 Å². The monoisotopic (exact) mass is 256 g/mol. The standard InChI is InChI=1S/C12H17FN2O3/c13-7-9(15-5-3-14-4-6-15)8-1-2-10(16)12(18)11(8)17/h1-2,9,14,16-18H,3-7H2/t9-/m1/s1. The molecule has 2 rings (SSSR count). The molecular formula is C12H17FN2O3. The SMILES string of the molecule is Oc1ccc([C@@H](CF)N2CCNCC2)c(O)c1O. The van der Waals surface area contributed by atoms with Crippen LogP contribution in [-0.4, -0.2) is 53.1 Å². The molecule has 0 aliphatic carbocycles. The fourth-order valence-corrected chi connectivity index (χ4v) is 2.22. The first-order valence-corrected chi connectivity index (χ1v) is 5.89. The summed E-state index contributed by atoms with van der Waals surface area (Å²) in [5.41, 5.74) is 0.301. The van der Waals surface area contributed by atoms with E-state index < -0.39 is 30.0 Å². The summed E-state index contributed by atoms with van der Waals surface area (Å²) in [7, 11) is 0. The van der Waals surface area contributed by atoms with Crippen LogP contribution in [0, 0.1) is 0 Å². The van der Waals surface area contributed by atoms with Gasteiger partial charge in [-0.3, -0.25) is 4.90 Å². The van der Waals surface area contributed by atoms with Crippen molar-refractivity contribution in [2.45, 2.75) is 6.04 Å². The maximum Gasteiger partial charge on any atom is 0.200 e. The minimum Gasteiger partial charge on any atom is -0.504 e. The second-order valence-corrected chi connectivity index (χ2v) is 4.33. The van der Waals surface area contributed by atoms with Crippen LogP contribution in [0.15, 0.2) is 12.1 Å². The van der Waals surface area contributed by atoms with Crippen molar-refractivity contribution in [2.75, 3.05) is 32.9 Å². The number of hydrogen-bond acceptors (Lipinski definition) is 5. The highest BCUT2D eigenvalue weighted by atomic mass is 19.1. The van der Waals surface area contributed by atoms with Gasteiger partial charge in [0.05, 0.1) is 6.04 Å². The van der Waals surface area contributed by atoms with Gasteiger partial charge >= 0.3 is 0 Å². The molecule has 18 heavy (non-hydrogen) atoms. The van der Waals surface area contributed by atoms with Crippen LogP contribution < -0.4 is 5.32 Å². The van der Waals surface area contributed by atoms with E-state index in [1.54, 1.807) is 0 Å². The van der Waals surface area contributed by atoms with E-state index in [0.717, 1.165) is 13.1 Å². The zero-order valence-corrected chi connectivity index (χ0v) is 9.93. The van der Waals surface area contributed by atoms with Crippen molar-refractivity contribution in [3.63, 3.8) is 0 Å². The lowest BCUT2D eigenvalue weighted by Crippen LogP contribution is -2.45. The van der Waals surface area contributed by atoms with E-state index in [4.69, 9.17) is 0 Å². The van der Waals surface area contributed by atoms with Crippen molar-refractivity contribution in [2.24, 2.45) is 0 Å². The fraction of sp³-hybridized carbons (Fsp3) is 0.500. The molecule has 1 aliphatic heterocycles. The molecule has 1 aromatic carbocycles. The van der Waals surface area contributed by atoms with Crippen LogP contribution in [0.5, 0.6) is 17.2 Å². The third kappa shape index (κ3) is 2.34. The molecule has 1 heterocycles. The number of halogens is 1. The predicted octanol–water partition coefficient (Wildman–Crippen LogP) is 0.719. The normalized spacial score (nSPS) is 18.7. The van der Waals surface area contributed by atoms with E-state index in [2.05, 4.69) is 5.32 Å². The summed E-state index contributed by atoms with van der Waals surface area (Å²) in [5, 5.41) is 31.7. The average Bonchev–Trinajstić information content (AvgIpc) is 2.41. The second-order valence-electron chi connectivity index (χ2n) is 4.33. The number of aromatic hydroxyl groups is 3. The number of phenolic OH excluding ortho intramolecular Hbond substituents is 3. The molecule has 5 nitrogen and oxygen atoms in total. The third-order valence-corrected chi connectivity index (χ3v) is 3.26. The van der Waals surface area contributed by atoms with Crippen LogP contribution >= 0.6 is 0 Å². The van der Waals surface area contributed by atoms with Gasteiger partial charge in [0.2, 0.25) is 5.75 Å². The van der Waals surface area contributed by atoms with Crippen LogP contribution in [0.1, 0.15) is 11.6 Å². The van der Waals surface area contributed by atoms with Crippen LogP contribution in [0.4, 0.5) is 4.39 Å². The molecule has 0 unspecified atom stereocenters. The summed E-state index contributed by atoms with van der Waals surface area (Å²) >= 11 is 0. The van der Waals surface area contributed by atoms with Crippen molar-refractivity contribution in [1.29, 1.82) is 0 Å². The molecular weight excluding hydrogens is 239 g/mol. The van der Waals surface area contributed by atoms with Crippen molar-refractivity contribution >= 4 is 0 Å². The molecule has 0 radical (unpaired) electrons. The van der Waals surface area contributed by atoms with Gasteiger partial charge in [-0.15, -0.1) is 0 Å². The quantitative estimate of drug-likeness (QED) is 0.600. The van der Waals surface area contributed by atoms with Crippen molar-refractivity contribution < 1.29 is 19.7 Å². The number of phenols is 3. The Morgan fingerprint density at radius 3 is 2.44 bits per heavy atom. The Balaban J connectivity index is 2.29. The molecule has 1 atom stereocenters. The lowest BCUT2D eigenvalue weighted by Gasteiger charge is -2.33. The van der Waals surface area contributed by atoms with Gasteiger partial charge in [-0.2, -0.15) is 0 Å². The first kappa shape index (κ1) is 12.9. The Morgan fingerprint density at radius 2 is 1.83 bits per heavy atom. The number of benzene rings is 1. The van der Waals surface area contributed by atoms with Gasteiger partial charge in [-0.1, -0.05) is 0 Å². The minimum absolute atomic E-state index is 0.301. The van der Waals surface area contributed by atoms with Gasteiger partial charge in [0.25, 0.3) is 0 Å². The first-order chi connectivity index (χ1) is 8.65. The van der Waals surface area contributed by atoms with E-state index in [1.165, 1.54) is 12.1 Å². The minimum atomic E-state index is -0.655. The Bertz CT molecular complexity index is 422. The number of alkyl halides is 1. The van der Waals surface area contributed by atoms with Gasteiger partial charge in [0.1, 0.15) is 6.67 Å². The lowest BCUT2D eigenvalue weighted by atomic mass is 10.0. The number of nitrogens with zero attached hydrogens (tertiary/aromatic N) is 1. The summed E-state index contributed by atoms with van der Waals surface area (Å²) in [6.45, 7) is 2.23. The molecule has 4 N–H and O–H groups in total. The van der Waals surface area contributed by atoms with Crippen molar-refractivity contribution in [1.82, 2.24) is 10.2 Å². The summed E-state index contributed by atoms with van der Waals surface area (Å²) in [6.07, 6.45) is 0. The highest BCUT2D eigenvalue weighted by Crippen LogP contribution is 2.41. The number of piperazine rings is 1. The Labute approximate surface area is 104 Å². The van der Waals surface area contributed by atoms with Crippen LogP contribution in [-0.2, 0) is 0 Å². The largest absolute Gasteiger partial charge is 0.504 e. The van der Waals surface area contributed by atoms with Gasteiger partial charge in [-0.25, -0.2) is 4.39 Å². The Kier molecular flexibility index (Phi) is 3.88. The summed E-state index contributed by atoms with van der Waals surface area (Å²) in [5.74, 6) is -1.45. The summed E-state index contributed by atoms with van der Waals surface area (Å²) in [4.78, 5) is 1.90. The highest BCUT2D eigenvalue weighted by molar-refractivity contribution is 5.54. The lowest BCUT2D eigenvalue weighted by molar-refractivity contribution is 0.144. The first-order valence-electron chi connectivity index (χ1n) is 5.89. The molecule has 1 aliphatic rings. The highest BCUT2D eigenvalue weighted by Gasteiger charge is 2.26. The van der Waals surface area contributed by atoms with Crippen LogP contribution in [0.3, 0.4) is 0 Å². The summed E-state index contributed by atoms with van der Waals surface area (Å²) in [6, 6.07) is 2.10. The molecule has 1 saturated heterocycles. The van der Waals surface area contributed by atoms with E-state index in [-0.39, 0.29) is 0 Å². The summed E-state index contributed by atoms with van der Waals surface area (Å²) < 4.78 is 13.2. The zero-order valence-electron chi connectivity index (χ0n) is 9.93. The maximum absolute atomic E-state index is 13.2. The smallest absolute Gasteiger partial charge is 0.200 e. The predicted molar refractivity (Wildman–Crippen MR) is 64.6 cm³/mol. The Morgan fingerprint density at radius 1 is 1.17 bits per heavy atom. The molecule has 100 valence electrons. The molecule has 0 bridgehead atoms. The fourth-order valence-electron chi connectivity index (χ4n) is 2.22. The third-order valence-electron chi connectivity index (χ3n) is 3.26. The van der Waals surface area contributed by atoms with Crippen molar-refractivity contribution in [3.05, 3.63) is 17.7 Å².